The van der Waals surface area contributed by atoms with Gasteiger partial charge in [-0.15, -0.1) is 11.3 Å². The lowest BCUT2D eigenvalue weighted by Gasteiger charge is -2.26. The van der Waals surface area contributed by atoms with Gasteiger partial charge < -0.3 is 5.32 Å². The van der Waals surface area contributed by atoms with Crippen LogP contribution in [0.25, 0.3) is 0 Å². The van der Waals surface area contributed by atoms with E-state index in [9.17, 15) is 0 Å². The van der Waals surface area contributed by atoms with Crippen LogP contribution in [-0.4, -0.2) is 11.5 Å². The molecule has 0 bridgehead atoms. The van der Waals surface area contributed by atoms with Crippen molar-refractivity contribution in [1.82, 2.24) is 10.3 Å². The Kier molecular flexibility index (Phi) is 4.62. The SMILES string of the molecule is CC1CCCC(CNCc2ncc(Cl)s2)C1. The van der Waals surface area contributed by atoms with Crippen molar-refractivity contribution < 1.29 is 0 Å². The quantitative estimate of drug-likeness (QED) is 0.891. The minimum Gasteiger partial charge on any atom is -0.310 e. The van der Waals surface area contributed by atoms with Crippen molar-refractivity contribution in [1.29, 1.82) is 0 Å². The van der Waals surface area contributed by atoms with Crippen molar-refractivity contribution in [3.63, 3.8) is 0 Å². The molecule has 1 N–H and O–H groups in total. The highest BCUT2D eigenvalue weighted by Gasteiger charge is 2.18. The molecule has 2 unspecified atom stereocenters. The number of aromatic nitrogens is 1. The summed E-state index contributed by atoms with van der Waals surface area (Å²) in [6, 6.07) is 0. The van der Waals surface area contributed by atoms with Gasteiger partial charge in [-0.25, -0.2) is 4.98 Å². The van der Waals surface area contributed by atoms with Gasteiger partial charge in [0.05, 0.1) is 6.20 Å². The smallest absolute Gasteiger partial charge is 0.113 e. The van der Waals surface area contributed by atoms with Crippen LogP contribution in [0.5, 0.6) is 0 Å². The molecule has 1 fully saturated rings. The van der Waals surface area contributed by atoms with Crippen molar-refractivity contribution in [3.8, 4) is 0 Å². The summed E-state index contributed by atoms with van der Waals surface area (Å²) in [5.74, 6) is 1.77. The number of nitrogens with one attached hydrogen (secondary N) is 1. The molecule has 0 amide bonds. The molecule has 1 aromatic rings. The van der Waals surface area contributed by atoms with E-state index in [4.69, 9.17) is 11.6 Å². The van der Waals surface area contributed by atoms with Crippen molar-refractivity contribution in [2.75, 3.05) is 6.54 Å². The molecule has 16 heavy (non-hydrogen) atoms. The van der Waals surface area contributed by atoms with Gasteiger partial charge in [0.15, 0.2) is 0 Å². The van der Waals surface area contributed by atoms with Crippen LogP contribution >= 0.6 is 22.9 Å². The Labute approximate surface area is 106 Å². The van der Waals surface area contributed by atoms with Gasteiger partial charge >= 0.3 is 0 Å². The van der Waals surface area contributed by atoms with Crippen molar-refractivity contribution in [2.24, 2.45) is 11.8 Å². The zero-order valence-electron chi connectivity index (χ0n) is 9.71. The number of rotatable bonds is 4. The summed E-state index contributed by atoms with van der Waals surface area (Å²) in [7, 11) is 0. The summed E-state index contributed by atoms with van der Waals surface area (Å²) in [5.41, 5.74) is 0. The number of hydrogen-bond acceptors (Lipinski definition) is 3. The minimum absolute atomic E-state index is 0.781. The standard InChI is InChI=1S/C12H19ClN2S/c1-9-3-2-4-10(5-9)6-14-8-12-15-7-11(13)16-12/h7,9-10,14H,2-6,8H2,1H3. The molecule has 1 saturated carbocycles. The largest absolute Gasteiger partial charge is 0.310 e. The van der Waals surface area contributed by atoms with E-state index in [2.05, 4.69) is 17.2 Å². The molecule has 1 aliphatic rings. The normalized spacial score (nSPS) is 25.9. The van der Waals surface area contributed by atoms with E-state index in [1.165, 1.54) is 25.7 Å². The fourth-order valence-electron chi connectivity index (χ4n) is 2.50. The topological polar surface area (TPSA) is 24.9 Å². The van der Waals surface area contributed by atoms with Crippen LogP contribution in [0.1, 0.15) is 37.6 Å². The van der Waals surface area contributed by atoms with Gasteiger partial charge in [-0.3, -0.25) is 0 Å². The number of halogens is 1. The van der Waals surface area contributed by atoms with Crippen LogP contribution in [0.2, 0.25) is 4.34 Å². The molecule has 4 heteroatoms. The first-order chi connectivity index (χ1) is 7.74. The fraction of sp³-hybridized carbons (Fsp3) is 0.750. The highest BCUT2D eigenvalue weighted by atomic mass is 35.5. The first-order valence-corrected chi connectivity index (χ1v) is 7.24. The third-order valence-corrected chi connectivity index (χ3v) is 4.39. The van der Waals surface area contributed by atoms with Crippen LogP contribution < -0.4 is 5.32 Å². The van der Waals surface area contributed by atoms with Crippen molar-refractivity contribution >= 4 is 22.9 Å². The predicted molar refractivity (Wildman–Crippen MR) is 70.0 cm³/mol. The van der Waals surface area contributed by atoms with Crippen LogP contribution in [0.15, 0.2) is 6.20 Å². The zero-order chi connectivity index (χ0) is 11.4. The Balaban J connectivity index is 1.67. The molecule has 1 aliphatic carbocycles. The Morgan fingerprint density at radius 2 is 2.44 bits per heavy atom. The van der Waals surface area contributed by atoms with E-state index >= 15 is 0 Å². The molecule has 2 rings (SSSR count). The summed E-state index contributed by atoms with van der Waals surface area (Å²) >= 11 is 7.40. The second-order valence-electron chi connectivity index (χ2n) is 4.83. The van der Waals surface area contributed by atoms with Gasteiger partial charge in [-0.1, -0.05) is 31.4 Å². The van der Waals surface area contributed by atoms with E-state index in [1.807, 2.05) is 0 Å². The summed E-state index contributed by atoms with van der Waals surface area (Å²) < 4.78 is 0.781. The number of thiazole rings is 1. The summed E-state index contributed by atoms with van der Waals surface area (Å²) in [5, 5.41) is 4.59. The molecular formula is C12H19ClN2S. The van der Waals surface area contributed by atoms with Gasteiger partial charge in [-0.05, 0) is 31.2 Å². The average molecular weight is 259 g/mol. The third kappa shape index (κ3) is 3.72. The molecule has 1 heterocycles. The van der Waals surface area contributed by atoms with E-state index in [1.54, 1.807) is 17.5 Å². The molecule has 0 aromatic carbocycles. The second-order valence-corrected chi connectivity index (χ2v) is 6.57. The van der Waals surface area contributed by atoms with Gasteiger partial charge in [0.25, 0.3) is 0 Å². The predicted octanol–water partition coefficient (Wildman–Crippen LogP) is 3.71. The Morgan fingerprint density at radius 1 is 1.56 bits per heavy atom. The second kappa shape index (κ2) is 5.99. The number of nitrogens with zero attached hydrogens (tertiary/aromatic N) is 1. The molecule has 1 aromatic heterocycles. The summed E-state index contributed by atoms with van der Waals surface area (Å²) in [4.78, 5) is 4.24. The summed E-state index contributed by atoms with van der Waals surface area (Å²) in [6.07, 6.45) is 7.31. The molecule has 90 valence electrons. The van der Waals surface area contributed by atoms with Crippen molar-refractivity contribution in [2.45, 2.75) is 39.2 Å². The first-order valence-electron chi connectivity index (χ1n) is 6.05. The van der Waals surface area contributed by atoms with Gasteiger partial charge in [-0.2, -0.15) is 0 Å². The summed E-state index contributed by atoms with van der Waals surface area (Å²) in [6.45, 7) is 4.36. The van der Waals surface area contributed by atoms with Crippen LogP contribution in [0, 0.1) is 11.8 Å². The molecule has 2 atom stereocenters. The lowest BCUT2D eigenvalue weighted by molar-refractivity contribution is 0.274. The van der Waals surface area contributed by atoms with E-state index in [0.717, 1.165) is 34.3 Å². The monoisotopic (exact) mass is 258 g/mol. The van der Waals surface area contributed by atoms with Crippen molar-refractivity contribution in [3.05, 3.63) is 15.5 Å². The Morgan fingerprint density at radius 3 is 3.12 bits per heavy atom. The molecular weight excluding hydrogens is 240 g/mol. The van der Waals surface area contributed by atoms with Gasteiger partial charge in [0, 0.05) is 6.54 Å². The van der Waals surface area contributed by atoms with Crippen LogP contribution in [0.3, 0.4) is 0 Å². The maximum atomic E-state index is 5.84. The maximum Gasteiger partial charge on any atom is 0.113 e. The lowest BCUT2D eigenvalue weighted by atomic mass is 9.82. The molecule has 2 nitrogen and oxygen atoms in total. The van der Waals surface area contributed by atoms with E-state index in [-0.39, 0.29) is 0 Å². The first kappa shape index (κ1) is 12.3. The zero-order valence-corrected chi connectivity index (χ0v) is 11.3. The molecule has 0 radical (unpaired) electrons. The molecule has 0 aliphatic heterocycles. The third-order valence-electron chi connectivity index (χ3n) is 3.28. The fourth-order valence-corrected chi connectivity index (χ4v) is 3.42. The van der Waals surface area contributed by atoms with Gasteiger partial charge in [0.1, 0.15) is 9.34 Å². The number of hydrogen-bond donors (Lipinski definition) is 1. The highest BCUT2D eigenvalue weighted by Crippen LogP contribution is 2.28. The minimum atomic E-state index is 0.781. The Bertz CT molecular complexity index is 327. The average Bonchev–Trinajstić information content (AvgIpc) is 2.64. The molecule has 0 spiro atoms. The lowest BCUT2D eigenvalue weighted by Crippen LogP contribution is -2.26. The highest BCUT2D eigenvalue weighted by molar-refractivity contribution is 7.15. The van der Waals surface area contributed by atoms with E-state index < -0.39 is 0 Å². The van der Waals surface area contributed by atoms with E-state index in [0.29, 0.717) is 0 Å². The van der Waals surface area contributed by atoms with Crippen LogP contribution in [0.4, 0.5) is 0 Å². The molecule has 0 saturated heterocycles. The van der Waals surface area contributed by atoms with Crippen LogP contribution in [-0.2, 0) is 6.54 Å². The Hall–Kier alpha value is -0.120. The van der Waals surface area contributed by atoms with Gasteiger partial charge in [0.2, 0.25) is 0 Å². The maximum absolute atomic E-state index is 5.84.